The molecule has 0 aliphatic heterocycles. The molecule has 4 nitrogen and oxygen atoms in total. The van der Waals surface area contributed by atoms with Crippen molar-refractivity contribution >= 4 is 0 Å². The average molecular weight is 253 g/mol. The number of rotatable bonds is 9. The third kappa shape index (κ3) is 6.59. The molecule has 0 bridgehead atoms. The fourth-order valence-corrected chi connectivity index (χ4v) is 1.46. The predicted molar refractivity (Wildman–Crippen MR) is 71.8 cm³/mol. The van der Waals surface area contributed by atoms with Crippen LogP contribution in [0.15, 0.2) is 24.3 Å². The van der Waals surface area contributed by atoms with Crippen LogP contribution in [0.3, 0.4) is 0 Å². The summed E-state index contributed by atoms with van der Waals surface area (Å²) in [6, 6.07) is 7.99. The van der Waals surface area contributed by atoms with Gasteiger partial charge in [-0.2, -0.15) is 0 Å². The first-order valence-electron chi connectivity index (χ1n) is 6.32. The van der Waals surface area contributed by atoms with Gasteiger partial charge in [0.2, 0.25) is 0 Å². The highest BCUT2D eigenvalue weighted by atomic mass is 16.5. The molecule has 102 valence electrons. The molecule has 4 heteroatoms. The highest BCUT2D eigenvalue weighted by Gasteiger charge is 1.98. The first-order chi connectivity index (χ1) is 8.72. The molecule has 0 saturated carbocycles. The number of hydrogen-bond acceptors (Lipinski definition) is 4. The Balaban J connectivity index is 2.24. The molecule has 1 aromatic rings. The fourth-order valence-electron chi connectivity index (χ4n) is 1.46. The Kier molecular flexibility index (Phi) is 7.41. The molecular weight excluding hydrogens is 230 g/mol. The van der Waals surface area contributed by atoms with Crippen LogP contribution in [0.25, 0.3) is 0 Å². The van der Waals surface area contributed by atoms with Crippen molar-refractivity contribution in [3.63, 3.8) is 0 Å². The predicted octanol–water partition coefficient (Wildman–Crippen LogP) is 1.57. The second kappa shape index (κ2) is 8.91. The summed E-state index contributed by atoms with van der Waals surface area (Å²) in [5.74, 6) is 0.844. The molecule has 0 radical (unpaired) electrons. The molecule has 0 heterocycles. The molecule has 1 atom stereocenters. The maximum Gasteiger partial charge on any atom is 0.119 e. The lowest BCUT2D eigenvalue weighted by atomic mass is 10.2. The number of nitrogens with one attached hydrogen (secondary N) is 1. The number of hydrogen-bond donors (Lipinski definition) is 2. The average Bonchev–Trinajstić information content (AvgIpc) is 2.36. The van der Waals surface area contributed by atoms with Crippen molar-refractivity contribution in [2.75, 3.05) is 26.9 Å². The quantitative estimate of drug-likeness (QED) is 0.656. The van der Waals surface area contributed by atoms with E-state index in [0.29, 0.717) is 13.0 Å². The van der Waals surface area contributed by atoms with Crippen LogP contribution in [0, 0.1) is 0 Å². The van der Waals surface area contributed by atoms with Gasteiger partial charge in [-0.1, -0.05) is 12.1 Å². The van der Waals surface area contributed by atoms with Crippen molar-refractivity contribution in [2.45, 2.75) is 26.0 Å². The van der Waals surface area contributed by atoms with Crippen LogP contribution in [-0.4, -0.2) is 38.1 Å². The van der Waals surface area contributed by atoms with Gasteiger partial charge < -0.3 is 19.9 Å². The van der Waals surface area contributed by atoms with Gasteiger partial charge >= 0.3 is 0 Å². The van der Waals surface area contributed by atoms with Crippen molar-refractivity contribution in [3.05, 3.63) is 29.8 Å². The van der Waals surface area contributed by atoms with Crippen LogP contribution in [0.1, 0.15) is 18.9 Å². The molecule has 0 spiro atoms. The van der Waals surface area contributed by atoms with Crippen LogP contribution in [0.5, 0.6) is 5.75 Å². The number of methoxy groups -OCH3 is 1. The van der Waals surface area contributed by atoms with Gasteiger partial charge in [-0.05, 0) is 24.6 Å². The van der Waals surface area contributed by atoms with Crippen molar-refractivity contribution in [1.82, 2.24) is 5.32 Å². The highest BCUT2D eigenvalue weighted by Crippen LogP contribution is 2.12. The molecule has 0 saturated heterocycles. The largest absolute Gasteiger partial charge is 0.493 e. The Morgan fingerprint density at radius 1 is 1.22 bits per heavy atom. The van der Waals surface area contributed by atoms with E-state index in [9.17, 15) is 0 Å². The summed E-state index contributed by atoms with van der Waals surface area (Å²) in [5.41, 5.74) is 1.22. The van der Waals surface area contributed by atoms with Gasteiger partial charge in [-0.3, -0.25) is 0 Å². The van der Waals surface area contributed by atoms with Crippen LogP contribution < -0.4 is 10.1 Å². The zero-order chi connectivity index (χ0) is 13.2. The first kappa shape index (κ1) is 15.0. The molecule has 0 amide bonds. The summed E-state index contributed by atoms with van der Waals surface area (Å²) in [6.45, 7) is 4.71. The van der Waals surface area contributed by atoms with Gasteiger partial charge in [0, 0.05) is 26.6 Å². The monoisotopic (exact) mass is 253 g/mol. The maximum atomic E-state index is 9.12. The van der Waals surface area contributed by atoms with Gasteiger partial charge in [0.1, 0.15) is 5.75 Å². The van der Waals surface area contributed by atoms with E-state index in [4.69, 9.17) is 14.6 Å². The standard InChI is InChI=1S/C14H23NO3/c1-12(16)7-9-18-14-5-3-13(4-6-14)11-15-8-10-17-2/h3-6,12,15-16H,7-11H2,1-2H3. The Morgan fingerprint density at radius 2 is 1.94 bits per heavy atom. The van der Waals surface area contributed by atoms with E-state index >= 15 is 0 Å². The molecule has 0 aliphatic rings. The van der Waals surface area contributed by atoms with Crippen molar-refractivity contribution < 1.29 is 14.6 Å². The van der Waals surface area contributed by atoms with Gasteiger partial charge in [0.25, 0.3) is 0 Å². The normalized spacial score (nSPS) is 12.4. The molecule has 0 aromatic heterocycles. The van der Waals surface area contributed by atoms with Crippen LogP contribution in [0.2, 0.25) is 0 Å². The van der Waals surface area contributed by atoms with E-state index in [1.54, 1.807) is 14.0 Å². The minimum atomic E-state index is -0.311. The van der Waals surface area contributed by atoms with Crippen LogP contribution in [-0.2, 0) is 11.3 Å². The first-order valence-corrected chi connectivity index (χ1v) is 6.32. The Bertz CT molecular complexity index is 311. The van der Waals surface area contributed by atoms with Gasteiger partial charge in [0.05, 0.1) is 19.3 Å². The van der Waals surface area contributed by atoms with Gasteiger partial charge in [-0.25, -0.2) is 0 Å². The van der Waals surface area contributed by atoms with Gasteiger partial charge in [0.15, 0.2) is 0 Å². The highest BCUT2D eigenvalue weighted by molar-refractivity contribution is 5.27. The molecule has 0 fully saturated rings. The number of aliphatic hydroxyl groups excluding tert-OH is 1. The molecular formula is C14H23NO3. The zero-order valence-electron chi connectivity index (χ0n) is 11.2. The minimum absolute atomic E-state index is 0.311. The lowest BCUT2D eigenvalue weighted by molar-refractivity contribution is 0.155. The van der Waals surface area contributed by atoms with E-state index in [2.05, 4.69) is 5.32 Å². The van der Waals surface area contributed by atoms with E-state index in [1.165, 1.54) is 5.56 Å². The SMILES string of the molecule is COCCNCc1ccc(OCCC(C)O)cc1. The Hall–Kier alpha value is -1.10. The number of aliphatic hydroxyl groups is 1. The van der Waals surface area contributed by atoms with Crippen molar-refractivity contribution in [3.8, 4) is 5.75 Å². The second-order valence-corrected chi connectivity index (χ2v) is 4.30. The maximum absolute atomic E-state index is 9.12. The summed E-state index contributed by atoms with van der Waals surface area (Å²) < 4.78 is 10.5. The lowest BCUT2D eigenvalue weighted by Crippen LogP contribution is -2.18. The van der Waals surface area contributed by atoms with E-state index in [-0.39, 0.29) is 6.10 Å². The minimum Gasteiger partial charge on any atom is -0.493 e. The van der Waals surface area contributed by atoms with E-state index < -0.39 is 0 Å². The Labute approximate surface area is 109 Å². The summed E-state index contributed by atoms with van der Waals surface area (Å²) in [6.07, 6.45) is 0.342. The van der Waals surface area contributed by atoms with Crippen molar-refractivity contribution in [2.24, 2.45) is 0 Å². The summed E-state index contributed by atoms with van der Waals surface area (Å²) in [7, 11) is 1.70. The molecule has 2 N–H and O–H groups in total. The van der Waals surface area contributed by atoms with Gasteiger partial charge in [-0.15, -0.1) is 0 Å². The summed E-state index contributed by atoms with van der Waals surface area (Å²) in [5, 5.41) is 12.4. The van der Waals surface area contributed by atoms with E-state index in [1.807, 2.05) is 24.3 Å². The summed E-state index contributed by atoms with van der Waals surface area (Å²) in [4.78, 5) is 0. The molecule has 1 aromatic carbocycles. The van der Waals surface area contributed by atoms with Crippen LogP contribution in [0.4, 0.5) is 0 Å². The fraction of sp³-hybridized carbons (Fsp3) is 0.571. The Morgan fingerprint density at radius 3 is 2.56 bits per heavy atom. The second-order valence-electron chi connectivity index (χ2n) is 4.30. The lowest BCUT2D eigenvalue weighted by Gasteiger charge is -2.09. The van der Waals surface area contributed by atoms with Crippen LogP contribution >= 0.6 is 0 Å². The third-order valence-electron chi connectivity index (χ3n) is 2.54. The van der Waals surface area contributed by atoms with Crippen molar-refractivity contribution in [1.29, 1.82) is 0 Å². The molecule has 0 aliphatic carbocycles. The molecule has 18 heavy (non-hydrogen) atoms. The smallest absolute Gasteiger partial charge is 0.119 e. The molecule has 1 rings (SSSR count). The topological polar surface area (TPSA) is 50.7 Å². The summed E-state index contributed by atoms with van der Waals surface area (Å²) >= 11 is 0. The third-order valence-corrected chi connectivity index (χ3v) is 2.54. The van der Waals surface area contributed by atoms with E-state index in [0.717, 1.165) is 25.4 Å². The number of benzene rings is 1. The zero-order valence-corrected chi connectivity index (χ0v) is 11.2. The molecule has 1 unspecified atom stereocenters. The number of ether oxygens (including phenoxy) is 2.